The standard InChI is InChI=1S/C35H42F3N3O6.C33H38F3N3O6/c1-4-46-32(44)34-17-22(34)11-9-7-5-6-8-10-21(2)31(43)41-20-33(19-28(41)30(42)40-34)15-14-24-25-16-23(45-3)12-13-26(25)39-27(29(24)47-33)18-35(36,37)38;1-19-8-6-4-3-5-7-9-20-15-32(20,30(42)43)38-28(40)26-17-31(18-39(26)29(19)41)13-12-22-23-14-21(44-2)10-11-24(23)37-25(27(22)45-31)16-33(34,35)36/h9,11-13,16,21-22,28H,4-8,10,14-15,17-20H2,1-3H3,(H,40,42);7,9-11,14,19-20,26H,3-6,8,12-13,15-18H2,1-2H3,(H,38,40)(H,42,43)/b11-9-;9-7-/t21-,22+,28-,33+,34+;19-,20+,26-,31+,32+/m00/s1. The molecule has 18 nitrogen and oxygen atoms in total. The van der Waals surface area contributed by atoms with E-state index in [2.05, 4.69) is 20.6 Å². The molecule has 8 heterocycles. The monoisotopic (exact) mass is 1290 g/mol. The Balaban J connectivity index is 0.000000189. The van der Waals surface area contributed by atoms with Crippen molar-refractivity contribution in [2.45, 2.75) is 196 Å². The van der Waals surface area contributed by atoms with E-state index < -0.39 is 89.2 Å². The van der Waals surface area contributed by atoms with Crippen molar-refractivity contribution in [1.29, 1.82) is 0 Å². The van der Waals surface area contributed by atoms with Gasteiger partial charge in [-0.3, -0.25) is 19.2 Å². The van der Waals surface area contributed by atoms with E-state index in [0.717, 1.165) is 51.4 Å². The predicted molar refractivity (Wildman–Crippen MR) is 325 cm³/mol. The predicted octanol–water partition coefficient (Wildman–Crippen LogP) is 10.7. The number of alkyl halides is 6. The van der Waals surface area contributed by atoms with Gasteiger partial charge in [-0.15, -0.1) is 0 Å². The third-order valence-electron chi connectivity index (χ3n) is 20.0. The number of nitrogens with one attached hydrogen (secondary N) is 2. The number of rotatable bonds is 7. The number of carboxylic acid groups (broad SMARTS) is 1. The molecule has 0 radical (unpaired) electrons. The van der Waals surface area contributed by atoms with Crippen LogP contribution < -0.4 is 29.6 Å². The summed E-state index contributed by atoms with van der Waals surface area (Å²) in [6.45, 7) is 5.56. The van der Waals surface area contributed by atoms with Crippen LogP contribution in [0.2, 0.25) is 0 Å². The van der Waals surface area contributed by atoms with Crippen LogP contribution in [0.4, 0.5) is 26.3 Å². The molecule has 8 aliphatic rings. The average molecular weight is 1290 g/mol. The summed E-state index contributed by atoms with van der Waals surface area (Å²) in [5, 5.41) is 17.0. The summed E-state index contributed by atoms with van der Waals surface area (Å²) in [6.07, 6.45) is 6.59. The second-order valence-corrected chi connectivity index (χ2v) is 26.5. The summed E-state index contributed by atoms with van der Waals surface area (Å²) in [7, 11) is 3.01. The number of benzene rings is 2. The molecule has 4 aromatic rings. The fourth-order valence-electron chi connectivity index (χ4n) is 14.8. The van der Waals surface area contributed by atoms with Crippen molar-refractivity contribution >= 4 is 57.4 Å². The van der Waals surface area contributed by atoms with Gasteiger partial charge < -0.3 is 49.2 Å². The highest BCUT2D eigenvalue weighted by Gasteiger charge is 2.64. The zero-order valence-electron chi connectivity index (χ0n) is 52.5. The van der Waals surface area contributed by atoms with Crippen molar-refractivity contribution in [3.63, 3.8) is 0 Å². The number of aliphatic carboxylic acids is 1. The van der Waals surface area contributed by atoms with Gasteiger partial charge in [0.05, 0.1) is 69.2 Å². The molecule has 92 heavy (non-hydrogen) atoms. The lowest BCUT2D eigenvalue weighted by Gasteiger charge is -2.37. The largest absolute Gasteiger partial charge is 0.497 e. The molecule has 2 aromatic carbocycles. The number of hydrogen-bond acceptors (Lipinski definition) is 13. The van der Waals surface area contributed by atoms with E-state index in [1.54, 1.807) is 43.3 Å². The zero-order valence-corrected chi connectivity index (χ0v) is 52.5. The Kier molecular flexibility index (Phi) is 18.4. The number of fused-ring (bicyclic) bond motifs is 10. The van der Waals surface area contributed by atoms with Gasteiger partial charge in [-0.05, 0) is 120 Å². The Morgan fingerprint density at radius 3 is 1.50 bits per heavy atom. The lowest BCUT2D eigenvalue weighted by molar-refractivity contribution is -0.150. The molecule has 12 rings (SSSR count). The van der Waals surface area contributed by atoms with Gasteiger partial charge in [-0.25, -0.2) is 19.6 Å². The van der Waals surface area contributed by atoms with Crippen LogP contribution in [0.1, 0.15) is 146 Å². The second-order valence-electron chi connectivity index (χ2n) is 26.5. The van der Waals surface area contributed by atoms with Gasteiger partial charge in [-0.2, -0.15) is 26.3 Å². The topological polar surface area (TPSA) is 225 Å². The lowest BCUT2D eigenvalue weighted by Crippen LogP contribution is -2.54. The third kappa shape index (κ3) is 13.4. The number of hydrogen-bond donors (Lipinski definition) is 3. The van der Waals surface area contributed by atoms with Crippen LogP contribution in [0.15, 0.2) is 60.7 Å². The number of methoxy groups -OCH3 is 2. The number of carboxylic acids is 1. The van der Waals surface area contributed by atoms with Crippen molar-refractivity contribution in [1.82, 2.24) is 30.4 Å². The summed E-state index contributed by atoms with van der Waals surface area (Å²) in [6, 6.07) is 8.00. The molecule has 6 aliphatic heterocycles. The van der Waals surface area contributed by atoms with E-state index in [9.17, 15) is 60.2 Å². The van der Waals surface area contributed by atoms with Crippen molar-refractivity contribution in [2.75, 3.05) is 33.9 Å². The van der Waals surface area contributed by atoms with Crippen molar-refractivity contribution in [3.8, 4) is 23.0 Å². The first kappa shape index (κ1) is 65.8. The van der Waals surface area contributed by atoms with E-state index in [4.69, 9.17) is 23.7 Å². The number of esters is 1. The minimum Gasteiger partial charge on any atom is -0.497 e. The van der Waals surface area contributed by atoms with Crippen LogP contribution in [-0.4, -0.2) is 141 Å². The summed E-state index contributed by atoms with van der Waals surface area (Å²) in [5.41, 5.74) is -3.45. The van der Waals surface area contributed by atoms with Crippen LogP contribution in [-0.2, 0) is 59.2 Å². The first-order valence-electron chi connectivity index (χ1n) is 32.2. The van der Waals surface area contributed by atoms with Crippen LogP contribution in [0.5, 0.6) is 23.0 Å². The lowest BCUT2D eigenvalue weighted by atomic mass is 9.86. The summed E-state index contributed by atoms with van der Waals surface area (Å²) in [5.74, 6) is -3.41. The molecule has 2 saturated carbocycles. The van der Waals surface area contributed by atoms with Gasteiger partial charge in [0, 0.05) is 58.4 Å². The molecule has 0 bridgehead atoms. The van der Waals surface area contributed by atoms with E-state index in [1.807, 2.05) is 38.2 Å². The van der Waals surface area contributed by atoms with Crippen LogP contribution >= 0.6 is 0 Å². The second kappa shape index (κ2) is 25.7. The van der Waals surface area contributed by atoms with Gasteiger partial charge in [0.25, 0.3) is 0 Å². The Morgan fingerprint density at radius 1 is 0.641 bits per heavy atom. The molecule has 2 saturated heterocycles. The molecule has 0 unspecified atom stereocenters. The molecule has 4 amide bonds. The molecule has 2 spiro atoms. The number of allylic oxidation sites excluding steroid dienone is 2. The Morgan fingerprint density at radius 2 is 1.08 bits per heavy atom. The molecule has 10 atom stereocenters. The van der Waals surface area contributed by atoms with E-state index >= 15 is 0 Å². The maximum atomic E-state index is 14.1. The highest BCUT2D eigenvalue weighted by atomic mass is 19.4. The van der Waals surface area contributed by atoms with Crippen LogP contribution in [0.3, 0.4) is 0 Å². The number of pyridine rings is 2. The fraction of sp³-hybridized carbons (Fsp3) is 0.588. The number of halogens is 6. The number of ether oxygens (including phenoxy) is 5. The highest BCUT2D eigenvalue weighted by Crippen LogP contribution is 2.52. The SMILES string of the molecule is CCOC(=O)[C@@]12C[C@H]1/C=C\CCCCC[C@H](C)C(=O)N1C[C@@]3(CCc4c(c(CC(F)(F)F)nc5ccc(OC)cc45)O3)C[C@H]1C(=O)N2.COc1ccc2nc(CC(F)(F)F)c3c(c2c1)CC[C@]1(C[C@H]2C(=O)N[C@]4(C(=O)O)C[C@H]4/C=C\CCCCC[C@H](C)C(=O)N2C1)O3. The van der Waals surface area contributed by atoms with Gasteiger partial charge in [0.15, 0.2) is 0 Å². The minimum absolute atomic E-state index is 0.00128. The molecule has 3 N–H and O–H groups in total. The summed E-state index contributed by atoms with van der Waals surface area (Å²) in [4.78, 5) is 93.1. The van der Waals surface area contributed by atoms with Crippen LogP contribution in [0.25, 0.3) is 21.8 Å². The summed E-state index contributed by atoms with van der Waals surface area (Å²) < 4.78 is 112. The fourth-order valence-corrected chi connectivity index (χ4v) is 14.8. The zero-order chi connectivity index (χ0) is 65.7. The van der Waals surface area contributed by atoms with Crippen LogP contribution in [0, 0.1) is 23.7 Å². The highest BCUT2D eigenvalue weighted by molar-refractivity contribution is 5.97. The smallest absolute Gasteiger partial charge is 0.394 e. The average Bonchev–Trinajstić information content (AvgIpc) is 1.35. The minimum atomic E-state index is -4.55. The molecule has 4 fully saturated rings. The van der Waals surface area contributed by atoms with Gasteiger partial charge >= 0.3 is 24.3 Å². The quantitative estimate of drug-likeness (QED) is 0.0889. The van der Waals surface area contributed by atoms with E-state index in [-0.39, 0.29) is 91.4 Å². The first-order valence-corrected chi connectivity index (χ1v) is 32.2. The molecule has 2 aliphatic carbocycles. The van der Waals surface area contributed by atoms with Crippen molar-refractivity contribution in [2.24, 2.45) is 23.7 Å². The Bertz CT molecular complexity index is 3620. The van der Waals surface area contributed by atoms with Crippen molar-refractivity contribution in [3.05, 3.63) is 83.2 Å². The van der Waals surface area contributed by atoms with E-state index in [1.165, 1.54) is 24.0 Å². The molecule has 496 valence electrons. The Labute approximate surface area is 529 Å². The van der Waals surface area contributed by atoms with Gasteiger partial charge in [-0.1, -0.05) is 63.8 Å². The molecule has 24 heteroatoms. The maximum absolute atomic E-state index is 14.1. The number of aryl methyl sites for hydroxylation is 2. The molecular weight excluding hydrogens is 1210 g/mol. The Hall–Kier alpha value is -7.66. The number of carbonyl (C=O) groups is 6. The number of carbonyl (C=O) groups excluding carboxylic acids is 5. The van der Waals surface area contributed by atoms with Crippen molar-refractivity contribution < 1.29 is 83.9 Å². The normalized spacial score (nSPS) is 30.7. The summed E-state index contributed by atoms with van der Waals surface area (Å²) >= 11 is 0. The maximum Gasteiger partial charge on any atom is 0.394 e. The number of aromatic nitrogens is 2. The number of amides is 4. The number of nitrogens with zero attached hydrogens (tertiary/aromatic N) is 4. The third-order valence-corrected chi connectivity index (χ3v) is 20.0. The van der Waals surface area contributed by atoms with E-state index in [0.29, 0.717) is 89.4 Å². The first-order chi connectivity index (χ1) is 43.7. The molecule has 2 aromatic heterocycles. The van der Waals surface area contributed by atoms with Gasteiger partial charge in [0.2, 0.25) is 23.6 Å². The molecular formula is C68H80F6N6O12. The van der Waals surface area contributed by atoms with Gasteiger partial charge in [0.1, 0.15) is 57.4 Å².